The molecular formula is C12H7BrN4O3S. The lowest BCUT2D eigenvalue weighted by Crippen LogP contribution is -1.87. The van der Waals surface area contributed by atoms with Crippen LogP contribution in [-0.4, -0.2) is 31.8 Å². The van der Waals surface area contributed by atoms with Crippen molar-refractivity contribution in [3.8, 4) is 23.1 Å². The lowest BCUT2D eigenvalue weighted by atomic mass is 10.3. The van der Waals surface area contributed by atoms with Gasteiger partial charge in [-0.2, -0.15) is 4.52 Å². The molecule has 4 aromatic rings. The topological polar surface area (TPSA) is 85.7 Å². The van der Waals surface area contributed by atoms with Crippen LogP contribution < -0.4 is 4.74 Å². The number of benzene rings is 1. The van der Waals surface area contributed by atoms with Crippen molar-refractivity contribution in [3.05, 3.63) is 22.2 Å². The van der Waals surface area contributed by atoms with Crippen molar-refractivity contribution in [3.63, 3.8) is 0 Å². The highest BCUT2D eigenvalue weighted by atomic mass is 79.9. The number of halogens is 1. The second kappa shape index (κ2) is 4.43. The van der Waals surface area contributed by atoms with Gasteiger partial charge in [0.2, 0.25) is 10.9 Å². The standard InChI is InChI=1S/C12H7BrN4O3S/c1-19-5-2-7(18)9-8(3-5)20-10(15-9)6-4-14-12-17(6)16-11(13)21-12/h2-4,18H,1H3. The van der Waals surface area contributed by atoms with Gasteiger partial charge in [-0.3, -0.25) is 0 Å². The lowest BCUT2D eigenvalue weighted by Gasteiger charge is -1.98. The minimum atomic E-state index is -0.000400. The monoisotopic (exact) mass is 366 g/mol. The Morgan fingerprint density at radius 3 is 3.10 bits per heavy atom. The molecule has 1 aromatic carbocycles. The van der Waals surface area contributed by atoms with E-state index in [-0.39, 0.29) is 5.75 Å². The van der Waals surface area contributed by atoms with E-state index < -0.39 is 0 Å². The van der Waals surface area contributed by atoms with Crippen molar-refractivity contribution in [1.82, 2.24) is 19.6 Å². The van der Waals surface area contributed by atoms with Crippen molar-refractivity contribution in [2.24, 2.45) is 0 Å². The van der Waals surface area contributed by atoms with Gasteiger partial charge in [-0.25, -0.2) is 9.97 Å². The van der Waals surface area contributed by atoms with E-state index in [0.717, 1.165) is 4.96 Å². The van der Waals surface area contributed by atoms with Gasteiger partial charge in [-0.1, -0.05) is 11.3 Å². The van der Waals surface area contributed by atoms with E-state index in [2.05, 4.69) is 31.0 Å². The Morgan fingerprint density at radius 2 is 2.29 bits per heavy atom. The molecule has 0 saturated heterocycles. The quantitative estimate of drug-likeness (QED) is 0.586. The van der Waals surface area contributed by atoms with E-state index in [1.54, 1.807) is 16.8 Å². The van der Waals surface area contributed by atoms with Crippen LogP contribution in [0.3, 0.4) is 0 Å². The van der Waals surface area contributed by atoms with Gasteiger partial charge in [0.25, 0.3) is 0 Å². The molecule has 21 heavy (non-hydrogen) atoms. The molecule has 0 aliphatic carbocycles. The minimum Gasteiger partial charge on any atom is -0.505 e. The van der Waals surface area contributed by atoms with Gasteiger partial charge in [-0.05, 0) is 15.9 Å². The largest absolute Gasteiger partial charge is 0.505 e. The van der Waals surface area contributed by atoms with Crippen molar-refractivity contribution in [2.45, 2.75) is 0 Å². The van der Waals surface area contributed by atoms with Gasteiger partial charge in [-0.15, -0.1) is 5.10 Å². The first-order chi connectivity index (χ1) is 10.2. The average molecular weight is 367 g/mol. The molecule has 0 aliphatic rings. The summed E-state index contributed by atoms with van der Waals surface area (Å²) < 4.78 is 13.1. The van der Waals surface area contributed by atoms with Gasteiger partial charge in [0.1, 0.15) is 17.2 Å². The highest BCUT2D eigenvalue weighted by Crippen LogP contribution is 2.34. The Morgan fingerprint density at radius 1 is 1.43 bits per heavy atom. The molecule has 0 unspecified atom stereocenters. The molecule has 9 heteroatoms. The Kier molecular flexibility index (Phi) is 2.66. The molecule has 0 saturated carbocycles. The smallest absolute Gasteiger partial charge is 0.248 e. The van der Waals surface area contributed by atoms with Crippen LogP contribution in [0.2, 0.25) is 0 Å². The fraction of sp³-hybridized carbons (Fsp3) is 0.0833. The van der Waals surface area contributed by atoms with Crippen LogP contribution in [0.25, 0.3) is 27.6 Å². The normalized spacial score (nSPS) is 11.5. The van der Waals surface area contributed by atoms with E-state index in [1.807, 2.05) is 0 Å². The van der Waals surface area contributed by atoms with Crippen LogP contribution in [0.15, 0.2) is 26.7 Å². The molecule has 0 radical (unpaired) electrons. The first-order valence-corrected chi connectivity index (χ1v) is 7.44. The highest BCUT2D eigenvalue weighted by Gasteiger charge is 2.18. The molecule has 0 aliphatic heterocycles. The zero-order chi connectivity index (χ0) is 14.6. The summed E-state index contributed by atoms with van der Waals surface area (Å²) in [5.74, 6) is 0.830. The maximum absolute atomic E-state index is 9.97. The number of aromatic hydroxyl groups is 1. The van der Waals surface area contributed by atoms with Crippen LogP contribution in [-0.2, 0) is 0 Å². The summed E-state index contributed by atoms with van der Waals surface area (Å²) in [5, 5.41) is 14.2. The number of methoxy groups -OCH3 is 1. The second-order valence-corrected chi connectivity index (χ2v) is 6.44. The molecule has 0 spiro atoms. The number of imidazole rings is 1. The first kappa shape index (κ1) is 12.6. The number of ether oxygens (including phenoxy) is 1. The third-order valence-corrected chi connectivity index (χ3v) is 4.32. The van der Waals surface area contributed by atoms with Gasteiger partial charge in [0, 0.05) is 12.1 Å². The zero-order valence-corrected chi connectivity index (χ0v) is 13.0. The van der Waals surface area contributed by atoms with Crippen LogP contribution >= 0.6 is 27.3 Å². The van der Waals surface area contributed by atoms with Crippen molar-refractivity contribution < 1.29 is 14.3 Å². The number of rotatable bonds is 2. The molecule has 106 valence electrons. The molecule has 1 N–H and O–H groups in total. The lowest BCUT2D eigenvalue weighted by molar-refractivity contribution is 0.408. The summed E-state index contributed by atoms with van der Waals surface area (Å²) >= 11 is 4.72. The molecule has 0 fully saturated rings. The number of fused-ring (bicyclic) bond motifs is 2. The fourth-order valence-corrected chi connectivity index (χ4v) is 3.23. The van der Waals surface area contributed by atoms with Gasteiger partial charge in [0.05, 0.1) is 13.3 Å². The summed E-state index contributed by atoms with van der Waals surface area (Å²) in [4.78, 5) is 9.27. The number of hydrogen-bond acceptors (Lipinski definition) is 7. The number of phenols is 1. The fourth-order valence-electron chi connectivity index (χ4n) is 2.03. The second-order valence-electron chi connectivity index (χ2n) is 4.21. The average Bonchev–Trinajstić information content (AvgIpc) is 3.11. The number of hydrogen-bond donors (Lipinski definition) is 1. The molecule has 0 bridgehead atoms. The summed E-state index contributed by atoms with van der Waals surface area (Å²) in [7, 11) is 1.52. The summed E-state index contributed by atoms with van der Waals surface area (Å²) in [5.41, 5.74) is 1.42. The van der Waals surface area contributed by atoms with E-state index in [0.29, 0.717) is 32.4 Å². The number of aromatic nitrogens is 4. The molecular weight excluding hydrogens is 360 g/mol. The van der Waals surface area contributed by atoms with Crippen molar-refractivity contribution in [1.29, 1.82) is 0 Å². The van der Waals surface area contributed by atoms with E-state index in [1.165, 1.54) is 24.5 Å². The molecule has 3 heterocycles. The third-order valence-electron chi connectivity index (χ3n) is 2.96. The Bertz CT molecular complexity index is 974. The zero-order valence-electron chi connectivity index (χ0n) is 10.6. The number of nitrogens with zero attached hydrogens (tertiary/aromatic N) is 4. The molecule has 7 nitrogen and oxygen atoms in total. The minimum absolute atomic E-state index is 0.000400. The third kappa shape index (κ3) is 1.88. The summed E-state index contributed by atoms with van der Waals surface area (Å²) in [6.07, 6.45) is 1.63. The SMILES string of the molecule is COc1cc(O)c2nc(-c3cnc4sc(Br)nn34)oc2c1. The molecule has 3 aromatic heterocycles. The predicted molar refractivity (Wildman–Crippen MR) is 79.8 cm³/mol. The molecule has 0 amide bonds. The Labute approximate surface area is 129 Å². The van der Waals surface area contributed by atoms with Crippen LogP contribution in [0, 0.1) is 0 Å². The van der Waals surface area contributed by atoms with Crippen LogP contribution in [0.1, 0.15) is 0 Å². The van der Waals surface area contributed by atoms with Crippen molar-refractivity contribution >= 4 is 43.3 Å². The predicted octanol–water partition coefficient (Wildman–Crippen LogP) is 3.08. The van der Waals surface area contributed by atoms with Crippen molar-refractivity contribution in [2.75, 3.05) is 7.11 Å². The number of oxazole rings is 1. The van der Waals surface area contributed by atoms with Gasteiger partial charge >= 0.3 is 0 Å². The maximum atomic E-state index is 9.97. The molecule has 4 rings (SSSR count). The molecule has 0 atom stereocenters. The Hall–Kier alpha value is -2.13. The first-order valence-electron chi connectivity index (χ1n) is 5.83. The number of phenolic OH excluding ortho intramolecular Hbond substituents is 1. The van der Waals surface area contributed by atoms with Crippen LogP contribution in [0.5, 0.6) is 11.5 Å². The van der Waals surface area contributed by atoms with Crippen LogP contribution in [0.4, 0.5) is 0 Å². The van der Waals surface area contributed by atoms with E-state index in [9.17, 15) is 5.11 Å². The van der Waals surface area contributed by atoms with Gasteiger partial charge < -0.3 is 14.3 Å². The van der Waals surface area contributed by atoms with Gasteiger partial charge in [0.15, 0.2) is 15.0 Å². The maximum Gasteiger partial charge on any atom is 0.248 e. The summed E-state index contributed by atoms with van der Waals surface area (Å²) in [6.45, 7) is 0. The highest BCUT2D eigenvalue weighted by molar-refractivity contribution is 9.11. The van der Waals surface area contributed by atoms with E-state index in [4.69, 9.17) is 9.15 Å². The van der Waals surface area contributed by atoms with E-state index >= 15 is 0 Å². The Balaban J connectivity index is 1.96. The summed E-state index contributed by atoms with van der Waals surface area (Å²) in [6, 6.07) is 3.15.